The van der Waals surface area contributed by atoms with Crippen molar-refractivity contribution in [3.8, 4) is 17.2 Å². The molecule has 1 heterocycles. The van der Waals surface area contributed by atoms with Crippen molar-refractivity contribution >= 4 is 15.9 Å². The molecule has 1 aliphatic rings. The molecule has 0 amide bonds. The van der Waals surface area contributed by atoms with Gasteiger partial charge in [-0.3, -0.25) is 0 Å². The second-order valence-electron chi connectivity index (χ2n) is 2.69. The topological polar surface area (TPSA) is 36.9 Å². The predicted octanol–water partition coefficient (Wildman–Crippen LogP) is 2.16. The molecule has 0 saturated heterocycles. The summed E-state index contributed by atoms with van der Waals surface area (Å²) in [6.45, 7) is 0.466. The summed E-state index contributed by atoms with van der Waals surface area (Å²) in [6.07, 6.45) is 0. The van der Waals surface area contributed by atoms with E-state index >= 15 is 0 Å². The van der Waals surface area contributed by atoms with Crippen LogP contribution in [0.5, 0.6) is 17.2 Å². The van der Waals surface area contributed by atoms with Gasteiger partial charge in [-0.15, -0.1) is 0 Å². The van der Waals surface area contributed by atoms with Crippen LogP contribution in [0, 0.1) is 0 Å². The van der Waals surface area contributed by atoms with Crippen LogP contribution >= 0.6 is 15.9 Å². The van der Waals surface area contributed by atoms with Crippen LogP contribution in [-0.2, 0) is 4.74 Å². The lowest BCUT2D eigenvalue weighted by atomic mass is 10.3. The fourth-order valence-electron chi connectivity index (χ4n) is 1.15. The minimum absolute atomic E-state index is 0.214. The number of rotatable bonds is 3. The van der Waals surface area contributed by atoms with Crippen molar-refractivity contribution in [3.05, 3.63) is 16.6 Å². The van der Waals surface area contributed by atoms with Crippen molar-refractivity contribution in [1.82, 2.24) is 0 Å². The van der Waals surface area contributed by atoms with Crippen molar-refractivity contribution in [2.75, 3.05) is 20.7 Å². The van der Waals surface area contributed by atoms with Gasteiger partial charge in [0.2, 0.25) is 6.79 Å². The van der Waals surface area contributed by atoms with E-state index in [0.29, 0.717) is 11.5 Å². The van der Waals surface area contributed by atoms with Crippen LogP contribution in [0.15, 0.2) is 16.6 Å². The second-order valence-corrected chi connectivity index (χ2v) is 3.54. The predicted molar refractivity (Wildman–Crippen MR) is 52.8 cm³/mol. The first kappa shape index (κ1) is 9.61. The molecule has 5 heteroatoms. The highest BCUT2D eigenvalue weighted by Crippen LogP contribution is 2.42. The van der Waals surface area contributed by atoms with Gasteiger partial charge in [-0.05, 0) is 22.0 Å². The van der Waals surface area contributed by atoms with E-state index in [1.807, 2.05) is 6.07 Å². The van der Waals surface area contributed by atoms with E-state index in [4.69, 9.17) is 18.9 Å². The standard InChI is InChI=1S/C9H9BrO4/c1-11-4-12-6-2-7(10)9-8(3-6)13-5-14-9/h2-3H,4-5H2,1H3. The third-order valence-corrected chi connectivity index (χ3v) is 2.33. The molecule has 76 valence electrons. The SMILES string of the molecule is COCOc1cc(Br)c2c(c1)OCO2. The van der Waals surface area contributed by atoms with Crippen molar-refractivity contribution in [2.24, 2.45) is 0 Å². The summed E-state index contributed by atoms with van der Waals surface area (Å²) in [7, 11) is 1.57. The molecule has 0 aliphatic carbocycles. The molecular formula is C9H9BrO4. The molecule has 0 spiro atoms. The summed E-state index contributed by atoms with van der Waals surface area (Å²) in [5.41, 5.74) is 0. The van der Waals surface area contributed by atoms with Gasteiger partial charge in [0.15, 0.2) is 18.3 Å². The molecule has 1 aromatic rings. The van der Waals surface area contributed by atoms with Crippen molar-refractivity contribution in [1.29, 1.82) is 0 Å². The molecule has 0 saturated carbocycles. The van der Waals surface area contributed by atoms with Crippen LogP contribution in [-0.4, -0.2) is 20.7 Å². The molecule has 1 aromatic carbocycles. The molecule has 0 bridgehead atoms. The molecule has 2 rings (SSSR count). The Morgan fingerprint density at radius 1 is 1.43 bits per heavy atom. The van der Waals surface area contributed by atoms with E-state index in [2.05, 4.69) is 15.9 Å². The van der Waals surface area contributed by atoms with Gasteiger partial charge in [0.05, 0.1) is 4.47 Å². The number of hydrogen-bond acceptors (Lipinski definition) is 4. The lowest BCUT2D eigenvalue weighted by molar-refractivity contribution is 0.0509. The van der Waals surface area contributed by atoms with Gasteiger partial charge in [-0.1, -0.05) is 0 Å². The van der Waals surface area contributed by atoms with E-state index in [1.165, 1.54) is 0 Å². The molecule has 0 atom stereocenters. The largest absolute Gasteiger partial charge is 0.467 e. The zero-order valence-electron chi connectivity index (χ0n) is 7.58. The average Bonchev–Trinajstić information content (AvgIpc) is 2.63. The fourth-order valence-corrected chi connectivity index (χ4v) is 1.69. The number of ether oxygens (including phenoxy) is 4. The maximum atomic E-state index is 5.27. The third-order valence-electron chi connectivity index (χ3n) is 1.74. The summed E-state index contributed by atoms with van der Waals surface area (Å²) >= 11 is 3.36. The minimum Gasteiger partial charge on any atom is -0.467 e. The Morgan fingerprint density at radius 2 is 2.29 bits per heavy atom. The molecular weight excluding hydrogens is 252 g/mol. The Labute approximate surface area is 89.8 Å². The fraction of sp³-hybridized carbons (Fsp3) is 0.333. The van der Waals surface area contributed by atoms with E-state index in [1.54, 1.807) is 13.2 Å². The Kier molecular flexibility index (Phi) is 2.79. The Morgan fingerprint density at radius 3 is 3.07 bits per heavy atom. The van der Waals surface area contributed by atoms with Crippen LogP contribution in [0.3, 0.4) is 0 Å². The maximum Gasteiger partial charge on any atom is 0.231 e. The third kappa shape index (κ3) is 1.78. The van der Waals surface area contributed by atoms with E-state index in [0.717, 1.165) is 10.2 Å². The van der Waals surface area contributed by atoms with Gasteiger partial charge in [0.25, 0.3) is 0 Å². The maximum absolute atomic E-state index is 5.27. The summed E-state index contributed by atoms with van der Waals surface area (Å²) in [5, 5.41) is 0. The summed E-state index contributed by atoms with van der Waals surface area (Å²) in [4.78, 5) is 0. The van der Waals surface area contributed by atoms with E-state index < -0.39 is 0 Å². The minimum atomic E-state index is 0.214. The smallest absolute Gasteiger partial charge is 0.231 e. The van der Waals surface area contributed by atoms with Gasteiger partial charge in [0.1, 0.15) is 5.75 Å². The Hall–Kier alpha value is -0.940. The zero-order chi connectivity index (χ0) is 9.97. The van der Waals surface area contributed by atoms with E-state index in [-0.39, 0.29) is 13.6 Å². The Balaban J connectivity index is 2.23. The van der Waals surface area contributed by atoms with Gasteiger partial charge in [-0.2, -0.15) is 0 Å². The normalized spacial score (nSPS) is 13.0. The molecule has 1 aliphatic heterocycles. The van der Waals surface area contributed by atoms with Crippen LogP contribution in [0.2, 0.25) is 0 Å². The van der Waals surface area contributed by atoms with Gasteiger partial charge in [0, 0.05) is 13.2 Å². The first-order valence-electron chi connectivity index (χ1n) is 4.02. The van der Waals surface area contributed by atoms with Crippen LogP contribution in [0.1, 0.15) is 0 Å². The first-order chi connectivity index (χ1) is 6.81. The highest BCUT2D eigenvalue weighted by molar-refractivity contribution is 9.10. The molecule has 14 heavy (non-hydrogen) atoms. The number of fused-ring (bicyclic) bond motifs is 1. The van der Waals surface area contributed by atoms with E-state index in [9.17, 15) is 0 Å². The monoisotopic (exact) mass is 260 g/mol. The highest BCUT2D eigenvalue weighted by Gasteiger charge is 2.18. The average molecular weight is 261 g/mol. The molecule has 0 N–H and O–H groups in total. The molecule has 4 nitrogen and oxygen atoms in total. The van der Waals surface area contributed by atoms with Gasteiger partial charge in [-0.25, -0.2) is 0 Å². The lowest BCUT2D eigenvalue weighted by Crippen LogP contribution is -1.98. The molecule has 0 unspecified atom stereocenters. The summed E-state index contributed by atoms with van der Waals surface area (Å²) in [5.74, 6) is 2.09. The van der Waals surface area contributed by atoms with Gasteiger partial charge >= 0.3 is 0 Å². The molecule has 0 radical (unpaired) electrons. The highest BCUT2D eigenvalue weighted by atomic mass is 79.9. The number of benzene rings is 1. The van der Waals surface area contributed by atoms with Gasteiger partial charge < -0.3 is 18.9 Å². The van der Waals surface area contributed by atoms with Crippen molar-refractivity contribution in [2.45, 2.75) is 0 Å². The lowest BCUT2D eigenvalue weighted by Gasteiger charge is -2.06. The molecule has 0 fully saturated rings. The summed E-state index contributed by atoms with van der Waals surface area (Å²) in [6, 6.07) is 3.58. The van der Waals surface area contributed by atoms with Crippen LogP contribution < -0.4 is 14.2 Å². The summed E-state index contributed by atoms with van der Waals surface area (Å²) < 4.78 is 21.3. The first-order valence-corrected chi connectivity index (χ1v) is 4.81. The Bertz CT molecular complexity index is 340. The zero-order valence-corrected chi connectivity index (χ0v) is 9.17. The number of halogens is 1. The number of methoxy groups -OCH3 is 1. The van der Waals surface area contributed by atoms with Crippen molar-refractivity contribution < 1.29 is 18.9 Å². The quantitative estimate of drug-likeness (QED) is 0.781. The number of hydrogen-bond donors (Lipinski definition) is 0. The van der Waals surface area contributed by atoms with Crippen LogP contribution in [0.4, 0.5) is 0 Å². The molecule has 0 aromatic heterocycles. The second kappa shape index (κ2) is 4.06. The van der Waals surface area contributed by atoms with Crippen LogP contribution in [0.25, 0.3) is 0 Å². The van der Waals surface area contributed by atoms with Crippen molar-refractivity contribution in [3.63, 3.8) is 0 Å².